The molecule has 2 aromatic carbocycles. The van der Waals surface area contributed by atoms with Crippen molar-refractivity contribution in [3.8, 4) is 34.3 Å². The molecule has 0 bridgehead atoms. The van der Waals surface area contributed by atoms with Gasteiger partial charge in [-0.15, -0.1) is 0 Å². The second kappa shape index (κ2) is 12.1. The number of carboxylic acid groups (broad SMARTS) is 2. The van der Waals surface area contributed by atoms with Gasteiger partial charge in [-0.05, 0) is 18.2 Å². The number of phenolic OH excluding ortho intramolecular Hbond substituents is 3. The molecule has 3 heterocycles. The minimum Gasteiger partial charge on any atom is -0.507 e. The highest BCUT2D eigenvalue weighted by atomic mass is 16.8. The second-order valence-electron chi connectivity index (χ2n) is 10.2. The Balaban J connectivity index is 1.51. The molecule has 10 atom stereocenters. The summed E-state index contributed by atoms with van der Waals surface area (Å²) in [6, 6.07) is 6.51. The van der Waals surface area contributed by atoms with Crippen molar-refractivity contribution in [1.82, 2.24) is 0 Å². The Hall–Kier alpha value is -4.53. The summed E-state index contributed by atoms with van der Waals surface area (Å²) in [5.74, 6) is -5.65. The van der Waals surface area contributed by atoms with Gasteiger partial charge in [0.15, 0.2) is 41.5 Å². The van der Waals surface area contributed by atoms with Gasteiger partial charge in [0.1, 0.15) is 58.7 Å². The largest absolute Gasteiger partial charge is 0.507 e. The van der Waals surface area contributed by atoms with E-state index in [4.69, 9.17) is 23.4 Å². The molecule has 0 radical (unpaired) electrons. The third kappa shape index (κ3) is 5.95. The number of aromatic hydroxyl groups is 3. The molecule has 1 aromatic heterocycles. The van der Waals surface area contributed by atoms with Gasteiger partial charge in [0.25, 0.3) is 0 Å². The van der Waals surface area contributed by atoms with E-state index in [0.29, 0.717) is 0 Å². The summed E-state index contributed by atoms with van der Waals surface area (Å²) >= 11 is 0. The van der Waals surface area contributed by atoms with Crippen molar-refractivity contribution in [2.45, 2.75) is 61.4 Å². The highest BCUT2D eigenvalue weighted by molar-refractivity contribution is 5.86. The van der Waals surface area contributed by atoms with E-state index in [1.807, 2.05) is 0 Å². The van der Waals surface area contributed by atoms with Crippen molar-refractivity contribution in [3.05, 3.63) is 46.6 Å². The van der Waals surface area contributed by atoms with E-state index < -0.39 is 96.0 Å². The Labute approximate surface area is 249 Å². The number of benzene rings is 2. The Kier molecular flexibility index (Phi) is 8.58. The first-order valence-corrected chi connectivity index (χ1v) is 13.0. The molecule has 0 aliphatic carbocycles. The van der Waals surface area contributed by atoms with Crippen LogP contribution in [0, 0.1) is 0 Å². The van der Waals surface area contributed by atoms with Crippen molar-refractivity contribution < 1.29 is 84.0 Å². The van der Waals surface area contributed by atoms with Crippen LogP contribution in [0.5, 0.6) is 23.0 Å². The molecule has 4 unspecified atom stereocenters. The summed E-state index contributed by atoms with van der Waals surface area (Å²) in [6.45, 7) is 0. The SMILES string of the molecule is O=C(O)C1O[C@@H](OC2[C@H](Oc3cc(O)c4c(=O)cc(-c5ccc(O)c(O)c5)oc4c3)OC(C(=O)O)[C@@H](O)[C@@H]2O)C(O)[C@@H](O)[C@@H]1O. The van der Waals surface area contributed by atoms with Gasteiger partial charge in [-0.3, -0.25) is 4.79 Å². The average molecular weight is 638 g/mol. The Morgan fingerprint density at radius 1 is 0.689 bits per heavy atom. The Morgan fingerprint density at radius 2 is 1.31 bits per heavy atom. The lowest BCUT2D eigenvalue weighted by molar-refractivity contribution is -0.350. The summed E-state index contributed by atoms with van der Waals surface area (Å²) < 4.78 is 27.1. The van der Waals surface area contributed by atoms with Gasteiger partial charge in [0, 0.05) is 23.8 Å². The van der Waals surface area contributed by atoms with E-state index in [-0.39, 0.29) is 28.0 Å². The topological polar surface area (TPSA) is 304 Å². The first-order chi connectivity index (χ1) is 21.2. The minimum atomic E-state index is -2.17. The van der Waals surface area contributed by atoms with Crippen molar-refractivity contribution in [2.75, 3.05) is 0 Å². The molecule has 5 rings (SSSR count). The fourth-order valence-corrected chi connectivity index (χ4v) is 4.86. The number of hydrogen-bond acceptors (Lipinski definition) is 16. The lowest BCUT2D eigenvalue weighted by Crippen LogP contribution is -2.66. The standard InChI is InChI=1S/C27H26O18/c28-9-2-1-7(3-10(9)29)13-6-12(31)15-11(30)4-8(5-14(15)42-13)41-27-23(19(35)18(34)22(44-27)25(39)40)45-26-20(36)16(32)17(33)21(43-26)24(37)38/h1-6,16-23,26-30,32-36H,(H,37,38)(H,39,40)/t16-,17-,18-,19-,20?,21?,22?,23?,26-,27+/m0/s1. The molecular weight excluding hydrogens is 612 g/mol. The molecule has 2 aliphatic heterocycles. The van der Waals surface area contributed by atoms with Crippen LogP contribution in [0.1, 0.15) is 0 Å². The molecule has 242 valence electrons. The number of carbonyl (C=O) groups is 2. The highest BCUT2D eigenvalue weighted by Gasteiger charge is 2.54. The number of aliphatic carboxylic acids is 2. The van der Waals surface area contributed by atoms with Crippen molar-refractivity contribution in [1.29, 1.82) is 0 Å². The Morgan fingerprint density at radius 3 is 1.93 bits per heavy atom. The molecule has 2 aliphatic rings. The van der Waals surface area contributed by atoms with Crippen LogP contribution in [0.25, 0.3) is 22.3 Å². The molecule has 2 fully saturated rings. The van der Waals surface area contributed by atoms with Gasteiger partial charge in [-0.2, -0.15) is 0 Å². The molecule has 18 heteroatoms. The van der Waals surface area contributed by atoms with Crippen LogP contribution in [0.15, 0.2) is 45.6 Å². The van der Waals surface area contributed by atoms with Gasteiger partial charge < -0.3 is 74.4 Å². The first kappa shape index (κ1) is 31.9. The maximum absolute atomic E-state index is 12.8. The molecule has 0 spiro atoms. The first-order valence-electron chi connectivity index (χ1n) is 13.0. The maximum atomic E-state index is 12.8. The summed E-state index contributed by atoms with van der Waals surface area (Å²) in [5.41, 5.74) is -0.880. The number of ether oxygens (including phenoxy) is 4. The lowest BCUT2D eigenvalue weighted by atomic mass is 9.97. The molecule has 0 saturated carbocycles. The number of phenols is 3. The average Bonchev–Trinajstić information content (AvgIpc) is 2.97. The summed E-state index contributed by atoms with van der Waals surface area (Å²) in [5, 5.41) is 100. The summed E-state index contributed by atoms with van der Waals surface area (Å²) in [7, 11) is 0. The van der Waals surface area contributed by atoms with Crippen LogP contribution >= 0.6 is 0 Å². The zero-order chi connectivity index (χ0) is 32.9. The van der Waals surface area contributed by atoms with Gasteiger partial charge >= 0.3 is 11.9 Å². The molecule has 3 aromatic rings. The van der Waals surface area contributed by atoms with E-state index >= 15 is 0 Å². The fourth-order valence-electron chi connectivity index (χ4n) is 4.86. The lowest BCUT2D eigenvalue weighted by Gasteiger charge is -2.44. The maximum Gasteiger partial charge on any atom is 0.335 e. The van der Waals surface area contributed by atoms with Crippen molar-refractivity contribution >= 4 is 22.9 Å². The fraction of sp³-hybridized carbons (Fsp3) is 0.370. The highest BCUT2D eigenvalue weighted by Crippen LogP contribution is 2.36. The van der Waals surface area contributed by atoms with E-state index in [1.165, 1.54) is 6.07 Å². The normalized spacial score (nSPS) is 31.8. The molecule has 45 heavy (non-hydrogen) atoms. The zero-order valence-electron chi connectivity index (χ0n) is 22.5. The third-order valence-corrected chi connectivity index (χ3v) is 7.19. The van der Waals surface area contributed by atoms with Crippen LogP contribution in [-0.4, -0.2) is 124 Å². The van der Waals surface area contributed by atoms with E-state index in [0.717, 1.165) is 30.3 Å². The predicted octanol–water partition coefficient (Wildman–Crippen LogP) is -2.24. The molecule has 2 saturated heterocycles. The van der Waals surface area contributed by atoms with Crippen molar-refractivity contribution in [3.63, 3.8) is 0 Å². The second-order valence-corrected chi connectivity index (χ2v) is 10.2. The van der Waals surface area contributed by atoms with Crippen molar-refractivity contribution in [2.24, 2.45) is 0 Å². The molecule has 10 N–H and O–H groups in total. The third-order valence-electron chi connectivity index (χ3n) is 7.19. The summed E-state index contributed by atoms with van der Waals surface area (Å²) in [4.78, 5) is 36.0. The summed E-state index contributed by atoms with van der Waals surface area (Å²) in [6.07, 6.45) is -21.0. The number of carboxylic acids is 2. The number of aliphatic hydroxyl groups is 5. The van der Waals surface area contributed by atoms with Crippen LogP contribution in [0.4, 0.5) is 0 Å². The van der Waals surface area contributed by atoms with Gasteiger partial charge in [0.05, 0.1) is 0 Å². The smallest absolute Gasteiger partial charge is 0.335 e. The molecular formula is C27H26O18. The number of rotatable bonds is 7. The number of hydrogen-bond donors (Lipinski definition) is 10. The zero-order valence-corrected chi connectivity index (χ0v) is 22.5. The van der Waals surface area contributed by atoms with Gasteiger partial charge in [-0.25, -0.2) is 9.59 Å². The Bertz CT molecular complexity index is 1670. The number of aliphatic hydroxyl groups excluding tert-OH is 5. The van der Waals surface area contributed by atoms with Crippen LogP contribution < -0.4 is 10.2 Å². The molecule has 0 amide bonds. The number of fused-ring (bicyclic) bond motifs is 1. The predicted molar refractivity (Wildman–Crippen MR) is 141 cm³/mol. The molecule has 18 nitrogen and oxygen atoms in total. The van der Waals surface area contributed by atoms with Crippen LogP contribution in [-0.2, 0) is 23.8 Å². The van der Waals surface area contributed by atoms with E-state index in [2.05, 4.69) is 0 Å². The minimum absolute atomic E-state index is 0.115. The quantitative estimate of drug-likeness (QED) is 0.122. The van der Waals surface area contributed by atoms with E-state index in [1.54, 1.807) is 0 Å². The van der Waals surface area contributed by atoms with Crippen LogP contribution in [0.3, 0.4) is 0 Å². The monoisotopic (exact) mass is 638 g/mol. The van der Waals surface area contributed by atoms with Gasteiger partial charge in [0.2, 0.25) is 6.29 Å². The van der Waals surface area contributed by atoms with Crippen LogP contribution in [0.2, 0.25) is 0 Å². The van der Waals surface area contributed by atoms with Gasteiger partial charge in [-0.1, -0.05) is 0 Å². The van der Waals surface area contributed by atoms with E-state index in [9.17, 15) is 65.4 Å².